The van der Waals surface area contributed by atoms with E-state index in [0.29, 0.717) is 6.61 Å². The summed E-state index contributed by atoms with van der Waals surface area (Å²) in [4.78, 5) is 12.5. The molecule has 1 heterocycles. The van der Waals surface area contributed by atoms with Gasteiger partial charge in [0.1, 0.15) is 0 Å². The van der Waals surface area contributed by atoms with E-state index >= 15 is 0 Å². The highest BCUT2D eigenvalue weighted by Crippen LogP contribution is 2.26. The predicted octanol–water partition coefficient (Wildman–Crippen LogP) is 3.22. The molecule has 2 unspecified atom stereocenters. The second-order valence-electron chi connectivity index (χ2n) is 5.21. The van der Waals surface area contributed by atoms with Crippen molar-refractivity contribution in [3.8, 4) is 0 Å². The van der Waals surface area contributed by atoms with Crippen molar-refractivity contribution in [1.29, 1.82) is 0 Å². The number of carbonyl (C=O) groups is 1. The fourth-order valence-corrected chi connectivity index (χ4v) is 2.77. The number of aryl methyl sites for hydroxylation is 3. The summed E-state index contributed by atoms with van der Waals surface area (Å²) < 4.78 is 5.49. The summed E-state index contributed by atoms with van der Waals surface area (Å²) >= 11 is 0. The normalized spacial score (nSPS) is 24.0. The molecule has 0 bridgehead atoms. The molecule has 1 saturated heterocycles. The second kappa shape index (κ2) is 4.61. The van der Waals surface area contributed by atoms with Crippen LogP contribution < -0.4 is 0 Å². The first kappa shape index (κ1) is 12.3. The average Bonchev–Trinajstić information content (AvgIpc) is 2.63. The summed E-state index contributed by atoms with van der Waals surface area (Å²) in [5, 5.41) is 0. The molecule has 1 aliphatic rings. The lowest BCUT2D eigenvalue weighted by Gasteiger charge is -2.13. The van der Waals surface area contributed by atoms with Crippen molar-refractivity contribution >= 4 is 5.78 Å². The summed E-state index contributed by atoms with van der Waals surface area (Å²) in [6.45, 7) is 8.71. The Bertz CT molecular complexity index is 425. The zero-order chi connectivity index (χ0) is 12.6. The monoisotopic (exact) mass is 232 g/mol. The Hall–Kier alpha value is -1.15. The Morgan fingerprint density at radius 2 is 1.82 bits per heavy atom. The van der Waals surface area contributed by atoms with E-state index in [-0.39, 0.29) is 17.8 Å². The summed E-state index contributed by atoms with van der Waals surface area (Å²) in [6.07, 6.45) is 1.07. The van der Waals surface area contributed by atoms with Crippen molar-refractivity contribution in [3.05, 3.63) is 34.4 Å². The first-order valence-electron chi connectivity index (χ1n) is 6.22. The van der Waals surface area contributed by atoms with E-state index in [4.69, 9.17) is 4.74 Å². The maximum absolute atomic E-state index is 12.5. The zero-order valence-corrected chi connectivity index (χ0v) is 11.0. The predicted molar refractivity (Wildman–Crippen MR) is 68.5 cm³/mol. The van der Waals surface area contributed by atoms with Gasteiger partial charge in [-0.2, -0.15) is 0 Å². The van der Waals surface area contributed by atoms with Crippen LogP contribution in [0.2, 0.25) is 0 Å². The highest BCUT2D eigenvalue weighted by atomic mass is 16.5. The van der Waals surface area contributed by atoms with Crippen LogP contribution in [0.25, 0.3) is 0 Å². The van der Waals surface area contributed by atoms with Gasteiger partial charge in [0.2, 0.25) is 0 Å². The molecule has 0 spiro atoms. The maximum Gasteiger partial charge on any atom is 0.168 e. The quantitative estimate of drug-likeness (QED) is 0.732. The van der Waals surface area contributed by atoms with Gasteiger partial charge >= 0.3 is 0 Å². The number of ketones is 1. The minimum atomic E-state index is 0.0464. The van der Waals surface area contributed by atoms with Crippen LogP contribution in [0.5, 0.6) is 0 Å². The summed E-state index contributed by atoms with van der Waals surface area (Å²) in [6, 6.07) is 4.17. The molecular weight excluding hydrogens is 212 g/mol. The minimum absolute atomic E-state index is 0.0464. The second-order valence-corrected chi connectivity index (χ2v) is 5.21. The lowest BCUT2D eigenvalue weighted by Crippen LogP contribution is -2.17. The van der Waals surface area contributed by atoms with Crippen LogP contribution in [-0.2, 0) is 4.74 Å². The van der Waals surface area contributed by atoms with Crippen LogP contribution in [0.3, 0.4) is 0 Å². The highest BCUT2D eigenvalue weighted by Gasteiger charge is 2.30. The van der Waals surface area contributed by atoms with Gasteiger partial charge in [-0.05, 0) is 45.2 Å². The average molecular weight is 232 g/mol. The molecule has 1 fully saturated rings. The van der Waals surface area contributed by atoms with Gasteiger partial charge in [-0.1, -0.05) is 17.7 Å². The summed E-state index contributed by atoms with van der Waals surface area (Å²) in [5.41, 5.74) is 4.30. The molecule has 1 aromatic carbocycles. The first-order chi connectivity index (χ1) is 7.99. The van der Waals surface area contributed by atoms with Crippen LogP contribution in [0, 0.1) is 26.7 Å². The number of Topliss-reactive ketones (excluding diaryl/α,β-unsaturated/α-hetero) is 1. The van der Waals surface area contributed by atoms with Crippen LogP contribution in [0.4, 0.5) is 0 Å². The Kier molecular flexibility index (Phi) is 3.34. The molecule has 17 heavy (non-hydrogen) atoms. The Morgan fingerprint density at radius 3 is 2.29 bits per heavy atom. The molecule has 0 radical (unpaired) electrons. The lowest BCUT2D eigenvalue weighted by atomic mass is 9.89. The van der Waals surface area contributed by atoms with Crippen molar-refractivity contribution < 1.29 is 9.53 Å². The third-order valence-corrected chi connectivity index (χ3v) is 3.49. The topological polar surface area (TPSA) is 26.3 Å². The number of hydrogen-bond acceptors (Lipinski definition) is 2. The molecule has 1 aliphatic heterocycles. The van der Waals surface area contributed by atoms with Gasteiger partial charge in [0, 0.05) is 11.5 Å². The highest BCUT2D eigenvalue weighted by molar-refractivity contribution is 6.00. The molecule has 2 atom stereocenters. The van der Waals surface area contributed by atoms with E-state index in [1.165, 1.54) is 5.56 Å². The summed E-state index contributed by atoms with van der Waals surface area (Å²) in [5.74, 6) is 0.300. The first-order valence-corrected chi connectivity index (χ1v) is 6.22. The van der Waals surface area contributed by atoms with Crippen molar-refractivity contribution in [2.45, 2.75) is 40.2 Å². The van der Waals surface area contributed by atoms with Crippen molar-refractivity contribution in [2.75, 3.05) is 6.61 Å². The van der Waals surface area contributed by atoms with Gasteiger partial charge in [0.05, 0.1) is 12.7 Å². The molecular formula is C15H20O2. The number of rotatable bonds is 2. The Labute approximate surface area is 103 Å². The van der Waals surface area contributed by atoms with Crippen LogP contribution in [0.1, 0.15) is 40.4 Å². The molecule has 2 nitrogen and oxygen atoms in total. The number of carbonyl (C=O) groups excluding carboxylic acids is 1. The molecule has 0 saturated carbocycles. The fourth-order valence-electron chi connectivity index (χ4n) is 2.77. The smallest absolute Gasteiger partial charge is 0.168 e. The van der Waals surface area contributed by atoms with Crippen LogP contribution in [0.15, 0.2) is 12.1 Å². The van der Waals surface area contributed by atoms with Gasteiger partial charge < -0.3 is 4.74 Å². The maximum atomic E-state index is 12.5. The standard InChI is InChI=1S/C15H20O2/c1-9-5-10(2)14(11(3)6-9)15(16)13-7-12(4)17-8-13/h5-6,12-13H,7-8H2,1-4H3. The zero-order valence-electron chi connectivity index (χ0n) is 11.0. The molecule has 1 aromatic rings. The van der Waals surface area contributed by atoms with E-state index in [1.54, 1.807) is 0 Å². The van der Waals surface area contributed by atoms with Gasteiger partial charge in [-0.15, -0.1) is 0 Å². The van der Waals surface area contributed by atoms with Crippen molar-refractivity contribution in [1.82, 2.24) is 0 Å². The molecule has 0 aliphatic carbocycles. The van der Waals surface area contributed by atoms with E-state index in [9.17, 15) is 4.79 Å². The van der Waals surface area contributed by atoms with Crippen LogP contribution in [-0.4, -0.2) is 18.5 Å². The van der Waals surface area contributed by atoms with E-state index < -0.39 is 0 Å². The van der Waals surface area contributed by atoms with Crippen molar-refractivity contribution in [3.63, 3.8) is 0 Å². The van der Waals surface area contributed by atoms with Gasteiger partial charge in [0.25, 0.3) is 0 Å². The van der Waals surface area contributed by atoms with E-state index in [0.717, 1.165) is 23.1 Å². The third kappa shape index (κ3) is 2.42. The molecule has 0 amide bonds. The lowest BCUT2D eigenvalue weighted by molar-refractivity contribution is 0.0876. The summed E-state index contributed by atoms with van der Waals surface area (Å²) in [7, 11) is 0. The Balaban J connectivity index is 2.31. The molecule has 92 valence electrons. The minimum Gasteiger partial charge on any atom is -0.378 e. The third-order valence-electron chi connectivity index (χ3n) is 3.49. The molecule has 2 rings (SSSR count). The Morgan fingerprint density at radius 1 is 1.24 bits per heavy atom. The van der Waals surface area contributed by atoms with Crippen molar-refractivity contribution in [2.24, 2.45) is 5.92 Å². The van der Waals surface area contributed by atoms with Gasteiger partial charge in [0.15, 0.2) is 5.78 Å². The van der Waals surface area contributed by atoms with Crippen LogP contribution >= 0.6 is 0 Å². The number of hydrogen-bond donors (Lipinski definition) is 0. The SMILES string of the molecule is Cc1cc(C)c(C(=O)C2COC(C)C2)c(C)c1. The number of ether oxygens (including phenoxy) is 1. The molecule has 0 aromatic heterocycles. The fraction of sp³-hybridized carbons (Fsp3) is 0.533. The largest absolute Gasteiger partial charge is 0.378 e. The van der Waals surface area contributed by atoms with Gasteiger partial charge in [-0.3, -0.25) is 4.79 Å². The number of benzene rings is 1. The molecule has 2 heteroatoms. The molecule has 0 N–H and O–H groups in total. The van der Waals surface area contributed by atoms with Gasteiger partial charge in [-0.25, -0.2) is 0 Å². The van der Waals surface area contributed by atoms with E-state index in [1.807, 2.05) is 20.8 Å². The van der Waals surface area contributed by atoms with E-state index in [2.05, 4.69) is 19.1 Å².